The van der Waals surface area contributed by atoms with Gasteiger partial charge in [-0.25, -0.2) is 0 Å². The highest BCUT2D eigenvalue weighted by Gasteiger charge is 2.61. The van der Waals surface area contributed by atoms with Crippen molar-refractivity contribution in [3.8, 4) is 0 Å². The van der Waals surface area contributed by atoms with E-state index in [1.807, 2.05) is 7.11 Å². The van der Waals surface area contributed by atoms with Gasteiger partial charge >= 0.3 is 0 Å². The van der Waals surface area contributed by atoms with Crippen LogP contribution in [0.3, 0.4) is 0 Å². The van der Waals surface area contributed by atoms with Gasteiger partial charge in [-0.1, -0.05) is 20.3 Å². The van der Waals surface area contributed by atoms with E-state index in [1.54, 1.807) is 0 Å². The highest BCUT2D eigenvalue weighted by Crippen LogP contribution is 2.66. The molecule has 2 heteroatoms. The molecule has 2 nitrogen and oxygen atoms in total. The molecule has 0 amide bonds. The molecule has 0 aromatic heterocycles. The van der Waals surface area contributed by atoms with Crippen LogP contribution < -0.4 is 0 Å². The zero-order valence-electron chi connectivity index (χ0n) is 15.3. The lowest BCUT2D eigenvalue weighted by Gasteiger charge is -2.61. The Morgan fingerprint density at radius 1 is 1.09 bits per heavy atom. The zero-order valence-corrected chi connectivity index (χ0v) is 15.3. The highest BCUT2D eigenvalue weighted by molar-refractivity contribution is 5.87. The smallest absolute Gasteiger partial charge is 0.139 e. The third-order valence-electron chi connectivity index (χ3n) is 8.75. The van der Waals surface area contributed by atoms with E-state index in [0.717, 1.165) is 43.1 Å². The quantitative estimate of drug-likeness (QED) is 0.726. The molecule has 0 bridgehead atoms. The summed E-state index contributed by atoms with van der Waals surface area (Å²) in [5, 5.41) is 0. The molecule has 7 atom stereocenters. The molecule has 0 saturated heterocycles. The van der Waals surface area contributed by atoms with Crippen molar-refractivity contribution in [1.29, 1.82) is 0 Å². The first-order valence-electron chi connectivity index (χ1n) is 10.0. The Morgan fingerprint density at radius 2 is 1.91 bits per heavy atom. The van der Waals surface area contributed by atoms with Gasteiger partial charge in [0, 0.05) is 18.9 Å². The van der Waals surface area contributed by atoms with Crippen molar-refractivity contribution in [2.45, 2.75) is 71.6 Å². The van der Waals surface area contributed by atoms with Crippen molar-refractivity contribution in [2.75, 3.05) is 13.7 Å². The number of carbonyl (C=O) groups excluding carboxylic acids is 1. The summed E-state index contributed by atoms with van der Waals surface area (Å²) in [7, 11) is 1.90. The second-order valence-electron chi connectivity index (χ2n) is 9.61. The van der Waals surface area contributed by atoms with Gasteiger partial charge in [0.25, 0.3) is 0 Å². The van der Waals surface area contributed by atoms with E-state index in [-0.39, 0.29) is 5.41 Å². The normalized spacial score (nSPS) is 52.7. The SMILES string of the molecule is COCC12CCC(C)C[C@H]1CCC1C3CCC(=O)C3(C)CCC12. The molecule has 0 N–H and O–H groups in total. The minimum atomic E-state index is 0.0181. The Balaban J connectivity index is 1.66. The van der Waals surface area contributed by atoms with Crippen molar-refractivity contribution >= 4 is 5.78 Å². The van der Waals surface area contributed by atoms with E-state index in [4.69, 9.17) is 4.74 Å². The van der Waals surface area contributed by atoms with Crippen LogP contribution >= 0.6 is 0 Å². The molecule has 4 aliphatic carbocycles. The third-order valence-corrected chi connectivity index (χ3v) is 8.75. The molecule has 23 heavy (non-hydrogen) atoms. The summed E-state index contributed by atoms with van der Waals surface area (Å²) in [6.07, 6.45) is 11.4. The fourth-order valence-electron chi connectivity index (χ4n) is 7.59. The van der Waals surface area contributed by atoms with Crippen LogP contribution in [-0.4, -0.2) is 19.5 Å². The summed E-state index contributed by atoms with van der Waals surface area (Å²) in [5.74, 6) is 4.61. The van der Waals surface area contributed by atoms with E-state index in [2.05, 4.69) is 13.8 Å². The first-order chi connectivity index (χ1) is 11.0. The average Bonchev–Trinajstić information content (AvgIpc) is 2.84. The van der Waals surface area contributed by atoms with Crippen LogP contribution in [-0.2, 0) is 9.53 Å². The second-order valence-corrected chi connectivity index (χ2v) is 9.61. The first-order valence-corrected chi connectivity index (χ1v) is 10.0. The van der Waals surface area contributed by atoms with Gasteiger partial charge in [-0.2, -0.15) is 0 Å². The summed E-state index contributed by atoms with van der Waals surface area (Å²) >= 11 is 0. The minimum absolute atomic E-state index is 0.0181. The molecule has 4 saturated carbocycles. The van der Waals surface area contributed by atoms with Gasteiger partial charge in [0.1, 0.15) is 5.78 Å². The number of ether oxygens (including phenoxy) is 1. The van der Waals surface area contributed by atoms with Gasteiger partial charge in [0.15, 0.2) is 0 Å². The number of Topliss-reactive ketones (excluding diaryl/α,β-unsaturated/α-hetero) is 1. The number of rotatable bonds is 2. The van der Waals surface area contributed by atoms with E-state index in [9.17, 15) is 4.79 Å². The maximum Gasteiger partial charge on any atom is 0.139 e. The molecule has 4 aliphatic rings. The monoisotopic (exact) mass is 318 g/mol. The van der Waals surface area contributed by atoms with Crippen molar-refractivity contribution in [2.24, 2.45) is 40.4 Å². The van der Waals surface area contributed by atoms with Crippen molar-refractivity contribution in [3.05, 3.63) is 0 Å². The minimum Gasteiger partial charge on any atom is -0.384 e. The topological polar surface area (TPSA) is 26.3 Å². The molecule has 4 fully saturated rings. The predicted molar refractivity (Wildman–Crippen MR) is 92.1 cm³/mol. The van der Waals surface area contributed by atoms with E-state index < -0.39 is 0 Å². The Hall–Kier alpha value is -0.370. The van der Waals surface area contributed by atoms with Crippen LogP contribution in [0.1, 0.15) is 71.6 Å². The van der Waals surface area contributed by atoms with Crippen molar-refractivity contribution in [1.82, 2.24) is 0 Å². The van der Waals surface area contributed by atoms with Crippen LogP contribution in [0.5, 0.6) is 0 Å². The lowest BCUT2D eigenvalue weighted by atomic mass is 9.44. The zero-order chi connectivity index (χ0) is 16.2. The van der Waals surface area contributed by atoms with Gasteiger partial charge < -0.3 is 4.74 Å². The summed E-state index contributed by atoms with van der Waals surface area (Å²) in [6, 6.07) is 0. The largest absolute Gasteiger partial charge is 0.384 e. The Kier molecular flexibility index (Phi) is 3.91. The van der Waals surface area contributed by atoms with Crippen LogP contribution in [0, 0.1) is 40.4 Å². The highest BCUT2D eigenvalue weighted by atomic mass is 16.5. The van der Waals surface area contributed by atoms with Crippen molar-refractivity contribution in [3.63, 3.8) is 0 Å². The molecular weight excluding hydrogens is 284 g/mol. The lowest BCUT2D eigenvalue weighted by Crippen LogP contribution is -2.56. The van der Waals surface area contributed by atoms with E-state index >= 15 is 0 Å². The van der Waals surface area contributed by atoms with Crippen LogP contribution in [0.2, 0.25) is 0 Å². The molecule has 0 heterocycles. The summed E-state index contributed by atoms with van der Waals surface area (Å²) in [5.41, 5.74) is 0.446. The molecular formula is C21H34O2. The van der Waals surface area contributed by atoms with Crippen LogP contribution in [0.15, 0.2) is 0 Å². The van der Waals surface area contributed by atoms with Gasteiger partial charge in [-0.3, -0.25) is 4.79 Å². The van der Waals surface area contributed by atoms with Crippen molar-refractivity contribution < 1.29 is 9.53 Å². The lowest BCUT2D eigenvalue weighted by molar-refractivity contribution is -0.154. The maximum absolute atomic E-state index is 12.5. The number of hydrogen-bond acceptors (Lipinski definition) is 2. The summed E-state index contributed by atoms with van der Waals surface area (Å²) in [4.78, 5) is 12.5. The third kappa shape index (κ3) is 2.19. The van der Waals surface area contributed by atoms with E-state index in [0.29, 0.717) is 17.1 Å². The first kappa shape index (κ1) is 16.1. The van der Waals surface area contributed by atoms with Crippen LogP contribution in [0.4, 0.5) is 0 Å². The van der Waals surface area contributed by atoms with Gasteiger partial charge in [0.2, 0.25) is 0 Å². The fraction of sp³-hybridized carbons (Fsp3) is 0.952. The Bertz CT molecular complexity index is 486. The molecule has 0 aliphatic heterocycles. The number of hydrogen-bond donors (Lipinski definition) is 0. The second kappa shape index (κ2) is 5.58. The number of methoxy groups -OCH3 is 1. The summed E-state index contributed by atoms with van der Waals surface area (Å²) < 4.78 is 5.82. The van der Waals surface area contributed by atoms with E-state index in [1.165, 1.54) is 44.9 Å². The molecule has 6 unspecified atom stereocenters. The van der Waals surface area contributed by atoms with Crippen LogP contribution in [0.25, 0.3) is 0 Å². The van der Waals surface area contributed by atoms with Gasteiger partial charge in [0.05, 0.1) is 6.61 Å². The fourth-order valence-corrected chi connectivity index (χ4v) is 7.59. The molecule has 0 spiro atoms. The Morgan fingerprint density at radius 3 is 2.70 bits per heavy atom. The Labute approximate surface area is 141 Å². The molecule has 130 valence electrons. The predicted octanol–water partition coefficient (Wildman–Crippen LogP) is 4.86. The maximum atomic E-state index is 12.5. The molecule has 0 aromatic rings. The molecule has 0 radical (unpaired) electrons. The number of fused-ring (bicyclic) bond motifs is 5. The standard InChI is InChI=1S/C21H34O2/c1-14-8-11-21(13-23-3)15(12-14)4-5-16-17-6-7-19(22)20(17,2)10-9-18(16)21/h14-18H,4-13H2,1-3H3/t14?,15-,16?,17?,18?,20?,21?/m1/s1. The number of carbonyl (C=O) groups is 1. The molecule has 4 rings (SSSR count). The number of ketones is 1. The average molecular weight is 319 g/mol. The summed E-state index contributed by atoms with van der Waals surface area (Å²) in [6.45, 7) is 5.70. The van der Waals surface area contributed by atoms with Gasteiger partial charge in [-0.05, 0) is 80.0 Å². The molecule has 0 aromatic carbocycles. The van der Waals surface area contributed by atoms with Gasteiger partial charge in [-0.15, -0.1) is 0 Å².